The number of benzene rings is 1. The lowest BCUT2D eigenvalue weighted by Crippen LogP contribution is -2.42. The van der Waals surface area contributed by atoms with E-state index in [-0.39, 0.29) is 0 Å². The second-order valence-electron chi connectivity index (χ2n) is 8.76. The van der Waals surface area contributed by atoms with Gasteiger partial charge in [-0.25, -0.2) is 4.79 Å². The van der Waals surface area contributed by atoms with Gasteiger partial charge in [0.05, 0.1) is 6.54 Å². The molecule has 1 fully saturated rings. The van der Waals surface area contributed by atoms with E-state index in [0.29, 0.717) is 11.7 Å². The number of alkyl halides is 3. The number of carboxylic acids is 1. The maximum atomic E-state index is 10.6. The van der Waals surface area contributed by atoms with Gasteiger partial charge in [-0.1, -0.05) is 81.3 Å². The molecule has 1 saturated heterocycles. The summed E-state index contributed by atoms with van der Waals surface area (Å²) >= 11 is 0. The maximum absolute atomic E-state index is 10.6. The zero-order chi connectivity index (χ0) is 25.5. The second kappa shape index (κ2) is 15.5. The van der Waals surface area contributed by atoms with Crippen LogP contribution in [0.5, 0.6) is 0 Å². The van der Waals surface area contributed by atoms with Gasteiger partial charge < -0.3 is 14.9 Å². The first kappa shape index (κ1) is 28.8. The quantitative estimate of drug-likeness (QED) is 0.376. The summed E-state index contributed by atoms with van der Waals surface area (Å²) in [5.41, 5.74) is 2.44. The fourth-order valence-corrected chi connectivity index (χ4v) is 3.78. The number of rotatable bonds is 12. The fraction of sp³-hybridized carbons (Fsp3) is 0.640. The van der Waals surface area contributed by atoms with Crippen molar-refractivity contribution in [3.8, 4) is 11.4 Å². The number of nitrogens with one attached hydrogen (secondary N) is 1. The van der Waals surface area contributed by atoms with E-state index in [1.807, 2.05) is 0 Å². The van der Waals surface area contributed by atoms with Crippen LogP contribution in [-0.4, -0.2) is 58.5 Å². The van der Waals surface area contributed by atoms with Crippen LogP contribution in [0.1, 0.15) is 69.7 Å². The predicted molar refractivity (Wildman–Crippen MR) is 128 cm³/mol. The van der Waals surface area contributed by atoms with Crippen molar-refractivity contribution < 1.29 is 27.6 Å². The Hall–Kier alpha value is -2.46. The Morgan fingerprint density at radius 1 is 1.03 bits per heavy atom. The minimum Gasteiger partial charge on any atom is -0.475 e. The first-order valence-corrected chi connectivity index (χ1v) is 12.4. The number of nitrogens with zero attached hydrogens (tertiary/aromatic N) is 3. The van der Waals surface area contributed by atoms with E-state index in [0.717, 1.165) is 44.7 Å². The molecule has 7 nitrogen and oxygen atoms in total. The van der Waals surface area contributed by atoms with Gasteiger partial charge in [0.1, 0.15) is 0 Å². The van der Waals surface area contributed by atoms with Crippen molar-refractivity contribution in [3.05, 3.63) is 35.7 Å². The summed E-state index contributed by atoms with van der Waals surface area (Å²) in [6.07, 6.45) is 7.01. The first-order valence-electron chi connectivity index (χ1n) is 12.4. The summed E-state index contributed by atoms with van der Waals surface area (Å²) in [5, 5.41) is 14.7. The zero-order valence-corrected chi connectivity index (χ0v) is 20.4. The fourth-order valence-electron chi connectivity index (χ4n) is 3.78. The summed E-state index contributed by atoms with van der Waals surface area (Å²) < 4.78 is 37.2. The molecule has 1 aliphatic heterocycles. The average molecular weight is 499 g/mol. The summed E-state index contributed by atoms with van der Waals surface area (Å²) in [5.74, 6) is -1.35. The number of aliphatic carboxylic acids is 1. The molecule has 2 N–H and O–H groups in total. The average Bonchev–Trinajstić information content (AvgIpc) is 3.30. The number of carbonyl (C=O) groups is 1. The molecule has 2 aromatic rings. The molecule has 0 bridgehead atoms. The number of carboxylic acid groups (broad SMARTS) is 1. The molecule has 0 aliphatic carbocycles. The SMILES string of the molecule is CCCCCCCCCCc1ccc(-c2noc(CN3CCNCC3)n2)cc1.O=C(O)C(F)(F)F. The third kappa shape index (κ3) is 11.7. The van der Waals surface area contributed by atoms with Crippen molar-refractivity contribution in [1.29, 1.82) is 0 Å². The molecule has 1 aromatic carbocycles. The molecule has 196 valence electrons. The molecule has 2 heterocycles. The monoisotopic (exact) mass is 498 g/mol. The van der Waals surface area contributed by atoms with Gasteiger partial charge in [0.25, 0.3) is 0 Å². The van der Waals surface area contributed by atoms with Gasteiger partial charge in [0, 0.05) is 31.7 Å². The largest absolute Gasteiger partial charge is 0.490 e. The van der Waals surface area contributed by atoms with Crippen LogP contribution in [0, 0.1) is 0 Å². The molecular formula is C25H37F3N4O3. The van der Waals surface area contributed by atoms with E-state index in [1.165, 1.54) is 56.9 Å². The van der Waals surface area contributed by atoms with Gasteiger partial charge >= 0.3 is 12.1 Å². The van der Waals surface area contributed by atoms with Gasteiger partial charge in [-0.2, -0.15) is 18.2 Å². The van der Waals surface area contributed by atoms with E-state index in [9.17, 15) is 13.2 Å². The maximum Gasteiger partial charge on any atom is 0.490 e. The topological polar surface area (TPSA) is 91.5 Å². The molecule has 3 rings (SSSR count). The predicted octanol–water partition coefficient (Wildman–Crippen LogP) is 5.46. The molecular weight excluding hydrogens is 461 g/mol. The number of piperazine rings is 1. The number of halogens is 3. The van der Waals surface area contributed by atoms with Crippen molar-refractivity contribution in [2.45, 2.75) is 77.4 Å². The van der Waals surface area contributed by atoms with E-state index in [1.54, 1.807) is 0 Å². The summed E-state index contributed by atoms with van der Waals surface area (Å²) in [6.45, 7) is 7.14. The Kier molecular flexibility index (Phi) is 12.8. The number of hydrogen-bond donors (Lipinski definition) is 2. The van der Waals surface area contributed by atoms with E-state index >= 15 is 0 Å². The van der Waals surface area contributed by atoms with Gasteiger partial charge in [-0.3, -0.25) is 4.90 Å². The lowest BCUT2D eigenvalue weighted by Gasteiger charge is -2.25. The summed E-state index contributed by atoms with van der Waals surface area (Å²) in [6, 6.07) is 8.67. The van der Waals surface area contributed by atoms with Crippen LogP contribution in [0.4, 0.5) is 13.2 Å². The summed E-state index contributed by atoms with van der Waals surface area (Å²) in [4.78, 5) is 15.8. The minimum atomic E-state index is -5.08. The molecule has 0 spiro atoms. The Morgan fingerprint density at radius 2 is 1.60 bits per heavy atom. The lowest BCUT2D eigenvalue weighted by atomic mass is 10.0. The highest BCUT2D eigenvalue weighted by Gasteiger charge is 2.38. The molecule has 0 atom stereocenters. The van der Waals surface area contributed by atoms with E-state index in [4.69, 9.17) is 14.4 Å². The lowest BCUT2D eigenvalue weighted by molar-refractivity contribution is -0.192. The van der Waals surface area contributed by atoms with Crippen molar-refractivity contribution in [3.63, 3.8) is 0 Å². The van der Waals surface area contributed by atoms with Crippen LogP contribution in [0.15, 0.2) is 28.8 Å². The van der Waals surface area contributed by atoms with Gasteiger partial charge in [0.2, 0.25) is 11.7 Å². The van der Waals surface area contributed by atoms with E-state index < -0.39 is 12.1 Å². The number of unbranched alkanes of at least 4 members (excludes halogenated alkanes) is 7. The van der Waals surface area contributed by atoms with Crippen LogP contribution in [0.2, 0.25) is 0 Å². The van der Waals surface area contributed by atoms with Crippen molar-refractivity contribution in [2.75, 3.05) is 26.2 Å². The van der Waals surface area contributed by atoms with Crippen LogP contribution >= 0.6 is 0 Å². The van der Waals surface area contributed by atoms with Crippen LogP contribution in [-0.2, 0) is 17.8 Å². The number of hydrogen-bond acceptors (Lipinski definition) is 6. The van der Waals surface area contributed by atoms with Crippen molar-refractivity contribution in [2.24, 2.45) is 0 Å². The minimum absolute atomic E-state index is 0.698. The van der Waals surface area contributed by atoms with E-state index in [2.05, 4.69) is 51.5 Å². The molecule has 0 radical (unpaired) electrons. The van der Waals surface area contributed by atoms with Gasteiger partial charge in [-0.05, 0) is 18.4 Å². The molecule has 0 amide bonds. The third-order valence-corrected chi connectivity index (χ3v) is 5.81. The summed E-state index contributed by atoms with van der Waals surface area (Å²) in [7, 11) is 0. The highest BCUT2D eigenvalue weighted by atomic mass is 19.4. The molecule has 0 saturated carbocycles. The normalized spacial score (nSPS) is 14.4. The number of aryl methyl sites for hydroxylation is 1. The van der Waals surface area contributed by atoms with Crippen molar-refractivity contribution in [1.82, 2.24) is 20.4 Å². The highest BCUT2D eigenvalue weighted by Crippen LogP contribution is 2.19. The van der Waals surface area contributed by atoms with Crippen LogP contribution in [0.3, 0.4) is 0 Å². The standard InChI is InChI=1S/C23H36N4O.C2HF3O2/c1-2-3-4-5-6-7-8-9-10-20-11-13-21(14-12-20)23-25-22(28-26-23)19-27-17-15-24-16-18-27;3-2(4,5)1(6)7/h11-14,24H,2-10,15-19H2,1H3;(H,6,7). The Labute approximate surface area is 205 Å². The van der Waals surface area contributed by atoms with Crippen LogP contribution < -0.4 is 5.32 Å². The first-order chi connectivity index (χ1) is 16.8. The molecule has 10 heteroatoms. The zero-order valence-electron chi connectivity index (χ0n) is 20.4. The third-order valence-electron chi connectivity index (χ3n) is 5.81. The Bertz CT molecular complexity index is 850. The molecule has 35 heavy (non-hydrogen) atoms. The molecule has 0 unspecified atom stereocenters. The van der Waals surface area contributed by atoms with Crippen molar-refractivity contribution >= 4 is 5.97 Å². The highest BCUT2D eigenvalue weighted by molar-refractivity contribution is 5.73. The number of aromatic nitrogens is 2. The molecule has 1 aliphatic rings. The molecule has 1 aromatic heterocycles. The van der Waals surface area contributed by atoms with Gasteiger partial charge in [0.15, 0.2) is 0 Å². The van der Waals surface area contributed by atoms with Crippen LogP contribution in [0.25, 0.3) is 11.4 Å². The van der Waals surface area contributed by atoms with Gasteiger partial charge in [-0.15, -0.1) is 0 Å². The Morgan fingerprint density at radius 3 is 2.17 bits per heavy atom. The Balaban J connectivity index is 0.000000540. The second-order valence-corrected chi connectivity index (χ2v) is 8.76. The smallest absolute Gasteiger partial charge is 0.475 e.